The number of allylic oxidation sites excluding steroid dienone is 3. The molecule has 0 aliphatic carbocycles. The number of hydrogen-bond donors (Lipinski definition) is 3. The Morgan fingerprint density at radius 1 is 1.31 bits per heavy atom. The summed E-state index contributed by atoms with van der Waals surface area (Å²) in [5.41, 5.74) is 3.59. The normalized spacial score (nSPS) is 20.7. The number of carbonyl (C=O) groups excluding carboxylic acids is 2. The number of β-amino-alcohol motifs (C(OH)–C–C–N with tert-alkyl or cyclic N) is 1. The van der Waals surface area contributed by atoms with E-state index in [-0.39, 0.29) is 42.9 Å². The molecule has 1 aromatic carbocycles. The molecule has 2 amide bonds. The van der Waals surface area contributed by atoms with E-state index in [9.17, 15) is 24.2 Å². The van der Waals surface area contributed by atoms with Crippen LogP contribution in [-0.4, -0.2) is 58.9 Å². The lowest BCUT2D eigenvalue weighted by molar-refractivity contribution is -0.132. The third-order valence-corrected chi connectivity index (χ3v) is 6.08. The number of carbonyl (C=O) groups is 2. The van der Waals surface area contributed by atoms with Crippen LogP contribution in [0.25, 0.3) is 0 Å². The van der Waals surface area contributed by atoms with Gasteiger partial charge in [0, 0.05) is 12.2 Å². The number of benzene rings is 1. The molecule has 1 heterocycles. The summed E-state index contributed by atoms with van der Waals surface area (Å²) in [6.45, 7) is 6.57. The van der Waals surface area contributed by atoms with Gasteiger partial charge in [0.1, 0.15) is 6.67 Å². The minimum absolute atomic E-state index is 0.123. The number of likely N-dealkylation sites (tertiary alicyclic amines) is 1. The summed E-state index contributed by atoms with van der Waals surface area (Å²) in [6, 6.07) is 7.35. The fourth-order valence-corrected chi connectivity index (χ4v) is 4.11. The highest BCUT2D eigenvalue weighted by Gasteiger charge is 2.33. The number of halogens is 1. The zero-order valence-corrected chi connectivity index (χ0v) is 19.4. The summed E-state index contributed by atoms with van der Waals surface area (Å²) in [4.78, 5) is 26.9. The Morgan fingerprint density at radius 3 is 2.59 bits per heavy atom. The van der Waals surface area contributed by atoms with Gasteiger partial charge in [-0.1, -0.05) is 37.3 Å². The monoisotopic (exact) mass is 446 g/mol. The van der Waals surface area contributed by atoms with Gasteiger partial charge >= 0.3 is 0 Å². The van der Waals surface area contributed by atoms with Crippen LogP contribution in [0, 0.1) is 6.92 Å². The van der Waals surface area contributed by atoms with Gasteiger partial charge in [-0.05, 0) is 55.9 Å². The first-order chi connectivity index (χ1) is 15.2. The number of amides is 2. The van der Waals surface area contributed by atoms with Gasteiger partial charge in [-0.2, -0.15) is 0 Å². The zero-order chi connectivity index (χ0) is 23.8. The van der Waals surface area contributed by atoms with Crippen molar-refractivity contribution in [1.29, 1.82) is 0 Å². The lowest BCUT2D eigenvalue weighted by Crippen LogP contribution is -2.38. The molecule has 3 atom stereocenters. The lowest BCUT2D eigenvalue weighted by atomic mass is 9.92. The van der Waals surface area contributed by atoms with Crippen LogP contribution in [0.1, 0.15) is 57.1 Å². The molecule has 2 rings (SSSR count). The van der Waals surface area contributed by atoms with E-state index >= 15 is 0 Å². The summed E-state index contributed by atoms with van der Waals surface area (Å²) in [5, 5.41) is 22.1. The molecule has 7 heteroatoms. The molecule has 0 radical (unpaired) electrons. The Hall–Kier alpha value is -2.51. The van der Waals surface area contributed by atoms with E-state index in [1.807, 2.05) is 38.1 Å². The number of aliphatic hydroxyl groups excluding tert-OH is 2. The van der Waals surface area contributed by atoms with Crippen LogP contribution in [0.5, 0.6) is 0 Å². The third kappa shape index (κ3) is 6.50. The van der Waals surface area contributed by atoms with Crippen molar-refractivity contribution in [3.05, 3.63) is 58.3 Å². The molecule has 0 bridgehead atoms. The summed E-state index contributed by atoms with van der Waals surface area (Å²) < 4.78 is 13.6. The standard InChI is InChI=1S/C25H35FN2O4/c1-5-22(23-9-7-6-8-16(23)2)25(32)27-18(4)17(3)10-19(13-26)11-24(31)28-14-21(30)12-20(28)15-29/h6-10,20-22,29-30H,5,11-15H2,1-4H3,(H,27,32)/b18-17+,19-10-/t20-,21-,22?/m0/s1. The van der Waals surface area contributed by atoms with Gasteiger partial charge in [-0.25, -0.2) is 4.39 Å². The maximum atomic E-state index is 13.6. The minimum atomic E-state index is -0.800. The van der Waals surface area contributed by atoms with Crippen LogP contribution in [-0.2, 0) is 9.59 Å². The van der Waals surface area contributed by atoms with Crippen LogP contribution in [0.3, 0.4) is 0 Å². The number of alkyl halides is 1. The van der Waals surface area contributed by atoms with Gasteiger partial charge in [0.25, 0.3) is 0 Å². The van der Waals surface area contributed by atoms with Gasteiger partial charge < -0.3 is 20.4 Å². The average Bonchev–Trinajstić information content (AvgIpc) is 3.15. The molecule has 3 N–H and O–H groups in total. The lowest BCUT2D eigenvalue weighted by Gasteiger charge is -2.23. The van der Waals surface area contributed by atoms with E-state index in [0.717, 1.165) is 11.1 Å². The van der Waals surface area contributed by atoms with Crippen molar-refractivity contribution in [2.24, 2.45) is 0 Å². The number of nitrogens with zero attached hydrogens (tertiary/aromatic N) is 1. The van der Waals surface area contributed by atoms with Gasteiger partial charge in [-0.15, -0.1) is 0 Å². The van der Waals surface area contributed by atoms with Crippen LogP contribution < -0.4 is 5.32 Å². The highest BCUT2D eigenvalue weighted by atomic mass is 19.1. The first kappa shape index (κ1) is 25.7. The van der Waals surface area contributed by atoms with E-state index in [1.165, 1.54) is 4.90 Å². The Bertz CT molecular complexity index is 880. The van der Waals surface area contributed by atoms with Crippen LogP contribution in [0.2, 0.25) is 0 Å². The average molecular weight is 447 g/mol. The Kier molecular flexibility index (Phi) is 9.60. The van der Waals surface area contributed by atoms with Crippen molar-refractivity contribution in [3.63, 3.8) is 0 Å². The number of rotatable bonds is 9. The van der Waals surface area contributed by atoms with Gasteiger partial charge in [0.15, 0.2) is 0 Å². The van der Waals surface area contributed by atoms with Crippen molar-refractivity contribution in [1.82, 2.24) is 10.2 Å². The van der Waals surface area contributed by atoms with E-state index in [2.05, 4.69) is 5.32 Å². The Labute approximate surface area is 189 Å². The molecule has 32 heavy (non-hydrogen) atoms. The summed E-state index contributed by atoms with van der Waals surface area (Å²) in [6.07, 6.45) is 1.74. The highest BCUT2D eigenvalue weighted by molar-refractivity contribution is 5.85. The molecule has 0 aromatic heterocycles. The molecule has 1 aliphatic rings. The highest BCUT2D eigenvalue weighted by Crippen LogP contribution is 2.24. The molecule has 1 aromatic rings. The van der Waals surface area contributed by atoms with Gasteiger partial charge in [0.2, 0.25) is 11.8 Å². The van der Waals surface area contributed by atoms with Crippen LogP contribution in [0.4, 0.5) is 4.39 Å². The van der Waals surface area contributed by atoms with E-state index in [1.54, 1.807) is 19.9 Å². The quantitative estimate of drug-likeness (QED) is 0.509. The molecule has 1 fully saturated rings. The molecule has 0 saturated carbocycles. The topological polar surface area (TPSA) is 89.9 Å². The maximum Gasteiger partial charge on any atom is 0.231 e. The predicted octanol–water partition coefficient (Wildman–Crippen LogP) is 3.14. The number of aryl methyl sites for hydroxylation is 1. The van der Waals surface area contributed by atoms with Crippen molar-refractivity contribution in [2.75, 3.05) is 19.8 Å². The second-order valence-corrected chi connectivity index (χ2v) is 8.50. The van der Waals surface area contributed by atoms with Crippen molar-refractivity contribution in [3.8, 4) is 0 Å². The van der Waals surface area contributed by atoms with Crippen LogP contribution >= 0.6 is 0 Å². The molecule has 1 unspecified atom stereocenters. The molecule has 6 nitrogen and oxygen atoms in total. The fraction of sp³-hybridized carbons (Fsp3) is 0.520. The largest absolute Gasteiger partial charge is 0.394 e. The molecule has 0 spiro atoms. The smallest absolute Gasteiger partial charge is 0.231 e. The first-order valence-electron chi connectivity index (χ1n) is 11.1. The second kappa shape index (κ2) is 11.9. The van der Waals surface area contributed by atoms with Crippen LogP contribution in [0.15, 0.2) is 47.2 Å². The Morgan fingerprint density at radius 2 is 2.00 bits per heavy atom. The summed E-state index contributed by atoms with van der Waals surface area (Å²) in [7, 11) is 0. The molecule has 1 aliphatic heterocycles. The molecular formula is C25H35FN2O4. The Balaban J connectivity index is 2.11. The zero-order valence-electron chi connectivity index (χ0n) is 19.4. The van der Waals surface area contributed by atoms with Crippen molar-refractivity contribution >= 4 is 11.8 Å². The molecule has 1 saturated heterocycles. The number of nitrogens with one attached hydrogen (secondary N) is 1. The molecular weight excluding hydrogens is 411 g/mol. The fourth-order valence-electron chi connectivity index (χ4n) is 4.11. The van der Waals surface area contributed by atoms with E-state index in [4.69, 9.17) is 0 Å². The third-order valence-electron chi connectivity index (χ3n) is 6.08. The minimum Gasteiger partial charge on any atom is -0.394 e. The maximum absolute atomic E-state index is 13.6. The summed E-state index contributed by atoms with van der Waals surface area (Å²) in [5.74, 6) is -0.742. The van der Waals surface area contributed by atoms with Crippen molar-refractivity contribution in [2.45, 2.75) is 65.0 Å². The van der Waals surface area contributed by atoms with Crippen molar-refractivity contribution < 1.29 is 24.2 Å². The second-order valence-electron chi connectivity index (χ2n) is 8.50. The SMILES string of the molecule is CCC(C(=O)N/C(C)=C(C)/C=C(\CF)CC(=O)N1C[C@@H](O)C[C@H]1CO)c1ccccc1C. The summed E-state index contributed by atoms with van der Waals surface area (Å²) >= 11 is 0. The van der Waals surface area contributed by atoms with Gasteiger partial charge in [0.05, 0.1) is 31.1 Å². The number of hydrogen-bond acceptors (Lipinski definition) is 4. The predicted molar refractivity (Wildman–Crippen MR) is 123 cm³/mol. The first-order valence-corrected chi connectivity index (χ1v) is 11.1. The molecule has 176 valence electrons. The van der Waals surface area contributed by atoms with E-state index in [0.29, 0.717) is 24.1 Å². The van der Waals surface area contributed by atoms with Gasteiger partial charge in [-0.3, -0.25) is 9.59 Å². The van der Waals surface area contributed by atoms with E-state index < -0.39 is 18.8 Å². The number of aliphatic hydroxyl groups is 2.